The number of carbonyl (C=O) groups is 1. The van der Waals surface area contributed by atoms with Gasteiger partial charge in [0.15, 0.2) is 0 Å². The predicted molar refractivity (Wildman–Crippen MR) is 63.3 cm³/mol. The van der Waals surface area contributed by atoms with Crippen molar-refractivity contribution >= 4 is 23.1 Å². The van der Waals surface area contributed by atoms with Crippen LogP contribution in [0.3, 0.4) is 0 Å². The molecule has 2 aromatic heterocycles. The summed E-state index contributed by atoms with van der Waals surface area (Å²) in [6.07, 6.45) is 3.43. The highest BCUT2D eigenvalue weighted by Crippen LogP contribution is 2.24. The van der Waals surface area contributed by atoms with Crippen molar-refractivity contribution in [1.29, 1.82) is 0 Å². The molecule has 0 aliphatic rings. The van der Waals surface area contributed by atoms with Gasteiger partial charge in [0.05, 0.1) is 0 Å². The summed E-state index contributed by atoms with van der Waals surface area (Å²) in [5.41, 5.74) is 1.01. The van der Waals surface area contributed by atoms with Gasteiger partial charge in [-0.1, -0.05) is 0 Å². The summed E-state index contributed by atoms with van der Waals surface area (Å²) in [7, 11) is 0. The maximum Gasteiger partial charge on any atom is 0.222 e. The Kier molecular flexibility index (Phi) is 4.10. The number of hydrogen-bond acceptors (Lipinski definition) is 4. The first-order valence-corrected chi connectivity index (χ1v) is 5.27. The molecule has 3 N–H and O–H groups in total. The van der Waals surface area contributed by atoms with Gasteiger partial charge in [0.25, 0.3) is 0 Å². The molecule has 2 aromatic rings. The lowest BCUT2D eigenvalue weighted by molar-refractivity contribution is -0.114. The van der Waals surface area contributed by atoms with E-state index in [0.717, 1.165) is 10.6 Å². The van der Waals surface area contributed by atoms with Crippen LogP contribution in [-0.4, -0.2) is 21.4 Å². The molecule has 0 bridgehead atoms. The number of pyridine rings is 1. The molecule has 0 radical (unpaired) electrons. The van der Waals surface area contributed by atoms with Gasteiger partial charge in [-0.2, -0.15) is 0 Å². The van der Waals surface area contributed by atoms with E-state index >= 15 is 0 Å². The van der Waals surface area contributed by atoms with Crippen LogP contribution in [0.5, 0.6) is 0 Å². The fourth-order valence-corrected chi connectivity index (χ4v) is 1.90. The second-order valence-electron chi connectivity index (χ2n) is 2.95. The minimum absolute atomic E-state index is 0. The standard InChI is InChI=1S/C10H9N3OS.H2O/c1-7(14)12-9-6-15-10(13-9)8-2-4-11-5-3-8;/h2-6H,1H3,(H,12,14);1H2. The van der Waals surface area contributed by atoms with E-state index in [2.05, 4.69) is 15.3 Å². The molecule has 0 aliphatic carbocycles. The number of anilines is 1. The normalized spacial score (nSPS) is 9.31. The number of carbonyl (C=O) groups excluding carboxylic acids is 1. The highest BCUT2D eigenvalue weighted by atomic mass is 32.1. The van der Waals surface area contributed by atoms with Crippen molar-refractivity contribution in [3.63, 3.8) is 0 Å². The average Bonchev–Trinajstić information content (AvgIpc) is 2.67. The lowest BCUT2D eigenvalue weighted by Crippen LogP contribution is -2.05. The molecule has 2 heterocycles. The smallest absolute Gasteiger partial charge is 0.222 e. The first-order valence-electron chi connectivity index (χ1n) is 4.39. The molecule has 0 atom stereocenters. The maximum atomic E-state index is 10.8. The molecule has 0 fully saturated rings. The topological polar surface area (TPSA) is 86.4 Å². The van der Waals surface area contributed by atoms with Gasteiger partial charge < -0.3 is 10.8 Å². The second-order valence-corrected chi connectivity index (χ2v) is 3.81. The lowest BCUT2D eigenvalue weighted by Gasteiger charge is -1.95. The number of thiazole rings is 1. The van der Waals surface area contributed by atoms with Crippen LogP contribution in [0, 0.1) is 0 Å². The highest BCUT2D eigenvalue weighted by Gasteiger charge is 2.04. The van der Waals surface area contributed by atoms with E-state index in [9.17, 15) is 4.79 Å². The maximum absolute atomic E-state index is 10.8. The fraction of sp³-hybridized carbons (Fsp3) is 0.100. The molecule has 5 nitrogen and oxygen atoms in total. The van der Waals surface area contributed by atoms with Crippen LogP contribution in [0.4, 0.5) is 5.82 Å². The van der Waals surface area contributed by atoms with Gasteiger partial charge in [-0.05, 0) is 12.1 Å². The van der Waals surface area contributed by atoms with Crippen LogP contribution < -0.4 is 5.32 Å². The molecular formula is C10H11N3O2S. The first kappa shape index (κ1) is 12.3. The molecule has 6 heteroatoms. The Morgan fingerprint density at radius 3 is 2.69 bits per heavy atom. The van der Waals surface area contributed by atoms with Crippen molar-refractivity contribution in [3.8, 4) is 10.6 Å². The SMILES string of the molecule is CC(=O)Nc1csc(-c2ccncc2)n1.O. The molecule has 0 saturated carbocycles. The van der Waals surface area contributed by atoms with Crippen LogP contribution in [0.15, 0.2) is 29.9 Å². The van der Waals surface area contributed by atoms with Gasteiger partial charge in [-0.3, -0.25) is 9.78 Å². The highest BCUT2D eigenvalue weighted by molar-refractivity contribution is 7.13. The third-order valence-electron chi connectivity index (χ3n) is 1.74. The summed E-state index contributed by atoms with van der Waals surface area (Å²) in [6.45, 7) is 1.46. The van der Waals surface area contributed by atoms with Gasteiger partial charge in [-0.15, -0.1) is 11.3 Å². The molecule has 16 heavy (non-hydrogen) atoms. The van der Waals surface area contributed by atoms with Gasteiger partial charge >= 0.3 is 0 Å². The Labute approximate surface area is 96.5 Å². The summed E-state index contributed by atoms with van der Waals surface area (Å²) in [4.78, 5) is 19.0. The molecule has 2 rings (SSSR count). The van der Waals surface area contributed by atoms with E-state index in [4.69, 9.17) is 0 Å². The second kappa shape index (κ2) is 5.34. The van der Waals surface area contributed by atoms with E-state index in [1.54, 1.807) is 12.4 Å². The first-order chi connectivity index (χ1) is 7.25. The predicted octanol–water partition coefficient (Wildman–Crippen LogP) is 1.34. The number of aromatic nitrogens is 2. The van der Waals surface area contributed by atoms with Crippen LogP contribution >= 0.6 is 11.3 Å². The molecule has 0 aliphatic heterocycles. The fourth-order valence-electron chi connectivity index (χ4n) is 1.14. The zero-order chi connectivity index (χ0) is 10.7. The van der Waals surface area contributed by atoms with Crippen molar-refractivity contribution in [2.75, 3.05) is 5.32 Å². The minimum Gasteiger partial charge on any atom is -0.412 e. The van der Waals surface area contributed by atoms with Crippen molar-refractivity contribution in [2.24, 2.45) is 0 Å². The Hall–Kier alpha value is -1.79. The largest absolute Gasteiger partial charge is 0.412 e. The number of nitrogens with one attached hydrogen (secondary N) is 1. The van der Waals surface area contributed by atoms with Gasteiger partial charge in [0.2, 0.25) is 5.91 Å². The molecular weight excluding hydrogens is 226 g/mol. The summed E-state index contributed by atoms with van der Waals surface area (Å²) in [6, 6.07) is 3.77. The zero-order valence-electron chi connectivity index (χ0n) is 8.60. The number of rotatable bonds is 2. The van der Waals surface area contributed by atoms with Crippen LogP contribution in [-0.2, 0) is 4.79 Å². The van der Waals surface area contributed by atoms with E-state index in [1.165, 1.54) is 18.3 Å². The van der Waals surface area contributed by atoms with Crippen LogP contribution in [0.1, 0.15) is 6.92 Å². The lowest BCUT2D eigenvalue weighted by atomic mass is 10.3. The Bertz CT molecular complexity index is 470. The molecule has 0 spiro atoms. The molecule has 1 amide bonds. The molecule has 0 aromatic carbocycles. The third-order valence-corrected chi connectivity index (χ3v) is 2.63. The van der Waals surface area contributed by atoms with Crippen LogP contribution in [0.25, 0.3) is 10.6 Å². The van der Waals surface area contributed by atoms with Crippen LogP contribution in [0.2, 0.25) is 0 Å². The number of amides is 1. The minimum atomic E-state index is -0.110. The van der Waals surface area contributed by atoms with Gasteiger partial charge in [0, 0.05) is 30.3 Å². The van der Waals surface area contributed by atoms with E-state index < -0.39 is 0 Å². The number of hydrogen-bond donors (Lipinski definition) is 1. The van der Waals surface area contributed by atoms with Crippen molar-refractivity contribution in [1.82, 2.24) is 9.97 Å². The quantitative estimate of drug-likeness (QED) is 0.855. The summed E-state index contributed by atoms with van der Waals surface area (Å²) >= 11 is 1.49. The summed E-state index contributed by atoms with van der Waals surface area (Å²) < 4.78 is 0. The van der Waals surface area contributed by atoms with E-state index in [1.807, 2.05) is 17.5 Å². The monoisotopic (exact) mass is 237 g/mol. The van der Waals surface area contributed by atoms with Crippen molar-refractivity contribution in [3.05, 3.63) is 29.9 Å². The van der Waals surface area contributed by atoms with E-state index in [0.29, 0.717) is 5.82 Å². The molecule has 0 unspecified atom stereocenters. The van der Waals surface area contributed by atoms with Gasteiger partial charge in [0.1, 0.15) is 10.8 Å². The molecule has 0 saturated heterocycles. The third kappa shape index (κ3) is 2.85. The van der Waals surface area contributed by atoms with Crippen molar-refractivity contribution in [2.45, 2.75) is 6.92 Å². The molecule has 84 valence electrons. The van der Waals surface area contributed by atoms with Crippen molar-refractivity contribution < 1.29 is 10.3 Å². The summed E-state index contributed by atoms with van der Waals surface area (Å²) in [5.74, 6) is 0.487. The van der Waals surface area contributed by atoms with E-state index in [-0.39, 0.29) is 11.4 Å². The Morgan fingerprint density at radius 2 is 2.06 bits per heavy atom. The van der Waals surface area contributed by atoms with Gasteiger partial charge in [-0.25, -0.2) is 4.98 Å². The Morgan fingerprint density at radius 1 is 1.38 bits per heavy atom. The zero-order valence-corrected chi connectivity index (χ0v) is 9.41. The summed E-state index contributed by atoms with van der Waals surface area (Å²) in [5, 5.41) is 5.33. The Balaban J connectivity index is 0.00000128. The number of nitrogens with zero attached hydrogens (tertiary/aromatic N) is 2. The average molecular weight is 237 g/mol.